The fraction of sp³-hybridized carbons (Fsp3) is 0.545. The van der Waals surface area contributed by atoms with Crippen molar-refractivity contribution in [3.05, 3.63) is 116 Å². The SMILES string of the molecule is CCc1c(Cl)c(O)c(Cl)c(O)c1C(=O)O[C@H]1[C@H](O)[C@H](OC)[C@H](OC/C2=C\C=C\C[C@H](O)/C(C)=C/[C@H](CC)[C@@H](O[C@@H]3OC(C)(C)[C@@H](O)[C@H](OC(=O)c4ccccc4F)[C@@H]3O)/C(C)=C/C(C)=C/C[C@@H]([C@@H](C)O)OC2=O)O[C@@H]1C. The highest BCUT2D eigenvalue weighted by molar-refractivity contribution is 6.39. The van der Waals surface area contributed by atoms with Gasteiger partial charge in [0.1, 0.15) is 46.9 Å². The predicted molar refractivity (Wildman–Crippen MR) is 276 cm³/mol. The van der Waals surface area contributed by atoms with Gasteiger partial charge in [-0.2, -0.15) is 0 Å². The molecule has 14 atom stereocenters. The van der Waals surface area contributed by atoms with Gasteiger partial charge >= 0.3 is 17.9 Å². The molecular weight excluding hydrogens is 1040 g/mol. The van der Waals surface area contributed by atoms with Crippen molar-refractivity contribution < 1.29 is 92.4 Å². The molecule has 0 saturated carbocycles. The summed E-state index contributed by atoms with van der Waals surface area (Å²) in [4.78, 5) is 40.7. The largest absolute Gasteiger partial charge is 0.505 e. The van der Waals surface area contributed by atoms with Crippen LogP contribution in [0.2, 0.25) is 10.0 Å². The molecule has 3 aliphatic rings. The third-order valence-corrected chi connectivity index (χ3v) is 14.4. The Bertz CT molecular complexity index is 2540. The fourth-order valence-electron chi connectivity index (χ4n) is 9.06. The number of carbonyl (C=O) groups excluding carboxylic acids is 3. The Morgan fingerprint density at radius 2 is 1.58 bits per heavy atom. The number of aliphatic hydroxyl groups excluding tert-OH is 5. The average Bonchev–Trinajstić information content (AvgIpc) is 3.37. The van der Waals surface area contributed by atoms with E-state index in [-0.39, 0.29) is 35.4 Å². The number of hydrogen-bond acceptors (Lipinski definition) is 18. The van der Waals surface area contributed by atoms with E-state index < -0.39 is 149 Å². The summed E-state index contributed by atoms with van der Waals surface area (Å²) < 4.78 is 62.1. The standard InChI is InChI=1S/C55H71Cl2FO18/c1-11-31-24-27(4)36(60)20-16-13-17-32(25-70-54-48(69-10)43(63)46(30(7)71-54)73-52(68)38-33(12-2)39(56)42(62)40(57)41(38)61)50(66)72-37(29(6)59)22-21-26(3)23-28(5)45(31)75-53-44(64)47(49(65)55(8,9)76-53)74-51(67)34-18-14-15-19-35(34)58/h13-19,21,23-24,29-31,36-37,43-49,53-54,59-65H,11-12,20,22,25H2,1-10H3/b16-13+,26-21+,27-24+,28-23+,32-17+/t29-,30-,31+,36+,37+,43+,44+,45+,46-,47-,48+,49+,53-,54-/m1/s1. The molecule has 76 heavy (non-hydrogen) atoms. The Kier molecular flexibility index (Phi) is 22.2. The highest BCUT2D eigenvalue weighted by atomic mass is 35.5. The molecule has 3 heterocycles. The number of methoxy groups -OCH3 is 1. The number of aromatic hydroxyl groups is 2. The van der Waals surface area contributed by atoms with Crippen molar-refractivity contribution >= 4 is 41.1 Å². The second kappa shape index (κ2) is 27.2. The van der Waals surface area contributed by atoms with Crippen molar-refractivity contribution in [2.45, 2.75) is 173 Å². The van der Waals surface area contributed by atoms with Crippen LogP contribution in [0.4, 0.5) is 4.39 Å². The number of halogens is 3. The van der Waals surface area contributed by atoms with Crippen LogP contribution >= 0.6 is 23.2 Å². The fourth-order valence-corrected chi connectivity index (χ4v) is 9.62. The van der Waals surface area contributed by atoms with Crippen LogP contribution in [0.3, 0.4) is 0 Å². The zero-order valence-electron chi connectivity index (χ0n) is 44.1. The Balaban J connectivity index is 1.39. The molecule has 0 spiro atoms. The van der Waals surface area contributed by atoms with Crippen molar-refractivity contribution in [1.29, 1.82) is 0 Å². The zero-order chi connectivity index (χ0) is 56.5. The minimum Gasteiger partial charge on any atom is -0.505 e. The molecule has 0 bridgehead atoms. The van der Waals surface area contributed by atoms with Crippen LogP contribution in [0.5, 0.6) is 11.5 Å². The Morgan fingerprint density at radius 1 is 0.908 bits per heavy atom. The zero-order valence-corrected chi connectivity index (χ0v) is 45.7. The summed E-state index contributed by atoms with van der Waals surface area (Å²) in [5.74, 6) is -5.82. The molecule has 5 rings (SSSR count). The lowest BCUT2D eigenvalue weighted by molar-refractivity contribution is -0.330. The van der Waals surface area contributed by atoms with Gasteiger partial charge < -0.3 is 73.6 Å². The van der Waals surface area contributed by atoms with Crippen LogP contribution < -0.4 is 0 Å². The van der Waals surface area contributed by atoms with E-state index in [9.17, 15) is 54.5 Å². The second-order valence-electron chi connectivity index (χ2n) is 19.7. The first-order valence-corrected chi connectivity index (χ1v) is 25.7. The van der Waals surface area contributed by atoms with Crippen molar-refractivity contribution in [3.8, 4) is 11.5 Å². The van der Waals surface area contributed by atoms with Crippen LogP contribution in [0.1, 0.15) is 108 Å². The van der Waals surface area contributed by atoms with Gasteiger partial charge in [-0.3, -0.25) is 0 Å². The monoisotopic (exact) mass is 1110 g/mol. The first kappa shape index (κ1) is 62.1. The van der Waals surface area contributed by atoms with Crippen LogP contribution in [0.15, 0.2) is 83.0 Å². The van der Waals surface area contributed by atoms with E-state index in [4.69, 9.17) is 61.1 Å². The summed E-state index contributed by atoms with van der Waals surface area (Å²) in [5.41, 5.74) is -0.438. The van der Waals surface area contributed by atoms with Gasteiger partial charge in [0, 0.05) is 19.4 Å². The van der Waals surface area contributed by atoms with E-state index in [2.05, 4.69) is 0 Å². The number of rotatable bonds is 13. The highest BCUT2D eigenvalue weighted by Gasteiger charge is 2.53. The smallest absolute Gasteiger partial charge is 0.342 e. The van der Waals surface area contributed by atoms with Gasteiger partial charge in [0.15, 0.2) is 36.3 Å². The molecule has 420 valence electrons. The number of cyclic esters (lactones) is 1. The third-order valence-electron chi connectivity index (χ3n) is 13.6. The molecule has 0 amide bonds. The third kappa shape index (κ3) is 14.7. The number of benzene rings is 2. The van der Waals surface area contributed by atoms with E-state index in [0.29, 0.717) is 23.1 Å². The van der Waals surface area contributed by atoms with Gasteiger partial charge in [0.05, 0.1) is 52.8 Å². The first-order chi connectivity index (χ1) is 35.8. The predicted octanol–water partition coefficient (Wildman–Crippen LogP) is 7.03. The number of carbonyl (C=O) groups is 3. The number of esters is 3. The van der Waals surface area contributed by atoms with Gasteiger partial charge in [0.2, 0.25) is 0 Å². The van der Waals surface area contributed by atoms with Crippen molar-refractivity contribution in [2.24, 2.45) is 5.92 Å². The van der Waals surface area contributed by atoms with Crippen LogP contribution in [0, 0.1) is 11.7 Å². The summed E-state index contributed by atoms with van der Waals surface area (Å²) in [7, 11) is 1.25. The number of phenols is 2. The topological polar surface area (TPSA) is 267 Å². The van der Waals surface area contributed by atoms with E-state index in [0.717, 1.165) is 6.07 Å². The molecule has 2 aromatic rings. The molecule has 21 heteroatoms. The lowest BCUT2D eigenvalue weighted by atomic mass is 9.88. The van der Waals surface area contributed by atoms with Gasteiger partial charge in [-0.05, 0) is 103 Å². The molecule has 3 aliphatic heterocycles. The lowest BCUT2D eigenvalue weighted by Crippen LogP contribution is -2.64. The van der Waals surface area contributed by atoms with Crippen LogP contribution in [-0.4, -0.2) is 153 Å². The molecule has 2 fully saturated rings. The Hall–Kier alpha value is -4.74. The van der Waals surface area contributed by atoms with Crippen molar-refractivity contribution in [1.82, 2.24) is 0 Å². The number of ether oxygens (including phenoxy) is 8. The molecule has 2 saturated heterocycles. The van der Waals surface area contributed by atoms with Crippen molar-refractivity contribution in [3.63, 3.8) is 0 Å². The molecule has 2 aromatic carbocycles. The molecular formula is C55H71Cl2FO18. The summed E-state index contributed by atoms with van der Waals surface area (Å²) in [6.45, 7) is 14.3. The minimum absolute atomic E-state index is 0.0316. The van der Waals surface area contributed by atoms with Gasteiger partial charge in [0.25, 0.3) is 0 Å². The number of hydrogen-bond donors (Lipinski definition) is 7. The average molecular weight is 1110 g/mol. The summed E-state index contributed by atoms with van der Waals surface area (Å²) >= 11 is 12.3. The van der Waals surface area contributed by atoms with Crippen LogP contribution in [-0.2, 0) is 49.1 Å². The lowest BCUT2D eigenvalue weighted by Gasteiger charge is -2.47. The minimum atomic E-state index is -1.75. The van der Waals surface area contributed by atoms with E-state index in [1.165, 1.54) is 65.2 Å². The first-order valence-electron chi connectivity index (χ1n) is 25.0. The molecule has 0 aliphatic carbocycles. The molecule has 0 unspecified atom stereocenters. The normalized spacial score (nSPS) is 33.5. The highest BCUT2D eigenvalue weighted by Crippen LogP contribution is 2.45. The van der Waals surface area contributed by atoms with E-state index in [1.807, 2.05) is 13.0 Å². The van der Waals surface area contributed by atoms with Crippen LogP contribution in [0.25, 0.3) is 0 Å². The Morgan fingerprint density at radius 3 is 2.21 bits per heavy atom. The molecule has 7 N–H and O–H groups in total. The second-order valence-corrected chi connectivity index (χ2v) is 20.4. The quantitative estimate of drug-likeness (QED) is 0.0603. The molecule has 18 nitrogen and oxygen atoms in total. The Labute approximate surface area is 451 Å². The van der Waals surface area contributed by atoms with Gasteiger partial charge in [-0.25, -0.2) is 18.8 Å². The van der Waals surface area contributed by atoms with E-state index in [1.54, 1.807) is 45.9 Å². The maximum Gasteiger partial charge on any atom is 0.342 e. The van der Waals surface area contributed by atoms with E-state index >= 15 is 0 Å². The summed E-state index contributed by atoms with van der Waals surface area (Å²) in [6.07, 6.45) is -6.75. The van der Waals surface area contributed by atoms with Gasteiger partial charge in [-0.1, -0.05) is 85.1 Å². The maximum absolute atomic E-state index is 14.6. The maximum atomic E-state index is 14.6. The molecule has 0 radical (unpaired) electrons. The number of aliphatic hydroxyl groups is 5. The molecule has 0 aromatic heterocycles. The number of phenolic OH excluding ortho intramolecular Hbond substituents is 2. The van der Waals surface area contributed by atoms with Gasteiger partial charge in [-0.15, -0.1) is 0 Å². The summed E-state index contributed by atoms with van der Waals surface area (Å²) in [5, 5.41) is 76.9. The number of allylic oxidation sites excluding steroid dienone is 4. The summed E-state index contributed by atoms with van der Waals surface area (Å²) in [6, 6.07) is 5.15. The van der Waals surface area contributed by atoms with Crippen molar-refractivity contribution in [2.75, 3.05) is 13.7 Å².